The van der Waals surface area contributed by atoms with Gasteiger partial charge in [-0.1, -0.05) is 30.3 Å². The van der Waals surface area contributed by atoms with Crippen LogP contribution in [0.1, 0.15) is 12.0 Å². The number of nitrogens with one attached hydrogen (secondary N) is 1. The Hall–Kier alpha value is -3.41. The van der Waals surface area contributed by atoms with E-state index in [-0.39, 0.29) is 24.2 Å². The lowest BCUT2D eigenvalue weighted by atomic mass is 10.1. The standard InChI is InChI=1S/C22H21N3O3/c1-28-20-9-5-4-8-19(20)25-14-16(12-21(25)26)22(27)24-13-15-10-11-23-18-7-3-2-6-17(15)18/h2-11,16H,12-14H2,1H3,(H,24,27)/t16-/m1/s1. The van der Waals surface area contributed by atoms with Crippen LogP contribution in [0.2, 0.25) is 0 Å². The Bertz CT molecular complexity index is 1030. The van der Waals surface area contributed by atoms with Gasteiger partial charge in [0.05, 0.1) is 24.2 Å². The minimum absolute atomic E-state index is 0.0704. The molecule has 6 heteroatoms. The molecule has 2 heterocycles. The number of anilines is 1. The number of para-hydroxylation sites is 3. The first kappa shape index (κ1) is 18.0. The Morgan fingerprint density at radius 2 is 1.96 bits per heavy atom. The van der Waals surface area contributed by atoms with E-state index in [1.807, 2.05) is 54.6 Å². The average Bonchev–Trinajstić information content (AvgIpc) is 3.13. The van der Waals surface area contributed by atoms with Crippen LogP contribution in [0.15, 0.2) is 60.8 Å². The van der Waals surface area contributed by atoms with Crippen molar-refractivity contribution in [1.29, 1.82) is 0 Å². The van der Waals surface area contributed by atoms with E-state index in [1.165, 1.54) is 0 Å². The molecule has 0 bridgehead atoms. The molecule has 2 aromatic carbocycles. The monoisotopic (exact) mass is 375 g/mol. The largest absolute Gasteiger partial charge is 0.495 e. The Balaban J connectivity index is 1.45. The van der Waals surface area contributed by atoms with E-state index < -0.39 is 0 Å². The molecule has 0 radical (unpaired) electrons. The van der Waals surface area contributed by atoms with Gasteiger partial charge in [-0.05, 0) is 29.8 Å². The number of methoxy groups -OCH3 is 1. The van der Waals surface area contributed by atoms with E-state index in [1.54, 1.807) is 18.2 Å². The molecule has 1 aliphatic heterocycles. The van der Waals surface area contributed by atoms with Crippen molar-refractivity contribution in [1.82, 2.24) is 10.3 Å². The van der Waals surface area contributed by atoms with Gasteiger partial charge in [-0.25, -0.2) is 0 Å². The summed E-state index contributed by atoms with van der Waals surface area (Å²) in [6.45, 7) is 0.753. The highest BCUT2D eigenvalue weighted by atomic mass is 16.5. The number of hydrogen-bond acceptors (Lipinski definition) is 4. The van der Waals surface area contributed by atoms with Crippen molar-refractivity contribution in [2.75, 3.05) is 18.6 Å². The van der Waals surface area contributed by atoms with Crippen LogP contribution in [0, 0.1) is 5.92 Å². The van der Waals surface area contributed by atoms with Gasteiger partial charge < -0.3 is 15.0 Å². The summed E-state index contributed by atoms with van der Waals surface area (Å²) in [5, 5.41) is 3.99. The lowest BCUT2D eigenvalue weighted by Gasteiger charge is -2.19. The molecule has 1 atom stereocenters. The molecular weight excluding hydrogens is 354 g/mol. The Kier molecular flexibility index (Phi) is 4.93. The lowest BCUT2D eigenvalue weighted by Crippen LogP contribution is -2.32. The normalized spacial score (nSPS) is 16.4. The highest BCUT2D eigenvalue weighted by molar-refractivity contribution is 6.01. The number of hydrogen-bond donors (Lipinski definition) is 1. The van der Waals surface area contributed by atoms with Crippen molar-refractivity contribution in [2.24, 2.45) is 5.92 Å². The molecule has 4 rings (SSSR count). The summed E-state index contributed by atoms with van der Waals surface area (Å²) in [6, 6.07) is 17.1. The maximum absolute atomic E-state index is 12.7. The fraction of sp³-hybridized carbons (Fsp3) is 0.227. The highest BCUT2D eigenvalue weighted by Crippen LogP contribution is 2.32. The van der Waals surface area contributed by atoms with Crippen molar-refractivity contribution < 1.29 is 14.3 Å². The zero-order valence-corrected chi connectivity index (χ0v) is 15.6. The molecule has 2 amide bonds. The lowest BCUT2D eigenvalue weighted by molar-refractivity contribution is -0.126. The molecule has 1 N–H and O–H groups in total. The molecule has 1 aliphatic rings. The van der Waals surface area contributed by atoms with E-state index >= 15 is 0 Å². The van der Waals surface area contributed by atoms with E-state index in [2.05, 4.69) is 10.3 Å². The van der Waals surface area contributed by atoms with E-state index in [0.717, 1.165) is 16.5 Å². The molecule has 0 unspecified atom stereocenters. The van der Waals surface area contributed by atoms with Crippen LogP contribution in [-0.2, 0) is 16.1 Å². The van der Waals surface area contributed by atoms with Crippen LogP contribution >= 0.6 is 0 Å². The SMILES string of the molecule is COc1ccccc1N1C[C@H](C(=O)NCc2ccnc3ccccc23)CC1=O. The van der Waals surface area contributed by atoms with E-state index in [0.29, 0.717) is 24.5 Å². The summed E-state index contributed by atoms with van der Waals surface area (Å²) in [6.07, 6.45) is 1.94. The Labute approximate surface area is 163 Å². The van der Waals surface area contributed by atoms with Gasteiger partial charge in [-0.2, -0.15) is 0 Å². The van der Waals surface area contributed by atoms with Crippen molar-refractivity contribution in [3.05, 3.63) is 66.4 Å². The predicted octanol–water partition coefficient (Wildman–Crippen LogP) is 2.91. The fourth-order valence-corrected chi connectivity index (χ4v) is 3.60. The third-order valence-corrected chi connectivity index (χ3v) is 5.06. The molecule has 142 valence electrons. The minimum atomic E-state index is -0.384. The quantitative estimate of drug-likeness (QED) is 0.744. The first-order valence-corrected chi connectivity index (χ1v) is 9.21. The zero-order valence-electron chi connectivity index (χ0n) is 15.6. The summed E-state index contributed by atoms with van der Waals surface area (Å²) in [5.41, 5.74) is 2.60. The molecule has 1 aromatic heterocycles. The Morgan fingerprint density at radius 1 is 1.18 bits per heavy atom. The van der Waals surface area contributed by atoms with Crippen LogP contribution in [0.4, 0.5) is 5.69 Å². The topological polar surface area (TPSA) is 71.5 Å². The third kappa shape index (κ3) is 3.41. The second kappa shape index (κ2) is 7.68. The number of benzene rings is 2. The maximum Gasteiger partial charge on any atom is 0.227 e. The predicted molar refractivity (Wildman–Crippen MR) is 107 cm³/mol. The van der Waals surface area contributed by atoms with Gasteiger partial charge in [0.2, 0.25) is 11.8 Å². The summed E-state index contributed by atoms with van der Waals surface area (Å²) >= 11 is 0. The van der Waals surface area contributed by atoms with Crippen molar-refractivity contribution in [3.8, 4) is 5.75 Å². The van der Waals surface area contributed by atoms with Crippen LogP contribution in [0.3, 0.4) is 0 Å². The van der Waals surface area contributed by atoms with Gasteiger partial charge >= 0.3 is 0 Å². The molecule has 1 saturated heterocycles. The smallest absolute Gasteiger partial charge is 0.227 e. The van der Waals surface area contributed by atoms with Gasteiger partial charge in [0, 0.05) is 31.1 Å². The molecular formula is C22H21N3O3. The second-order valence-electron chi connectivity index (χ2n) is 6.78. The number of fused-ring (bicyclic) bond motifs is 1. The first-order valence-electron chi connectivity index (χ1n) is 9.21. The third-order valence-electron chi connectivity index (χ3n) is 5.06. The molecule has 1 fully saturated rings. The number of ether oxygens (including phenoxy) is 1. The van der Waals surface area contributed by atoms with Crippen LogP contribution in [-0.4, -0.2) is 30.5 Å². The van der Waals surface area contributed by atoms with Gasteiger partial charge in [0.1, 0.15) is 5.75 Å². The summed E-state index contributed by atoms with van der Waals surface area (Å²) in [4.78, 5) is 31.2. The van der Waals surface area contributed by atoms with Gasteiger partial charge in [-0.3, -0.25) is 14.6 Å². The van der Waals surface area contributed by atoms with Crippen molar-refractivity contribution in [2.45, 2.75) is 13.0 Å². The van der Waals surface area contributed by atoms with Crippen molar-refractivity contribution >= 4 is 28.4 Å². The fourth-order valence-electron chi connectivity index (χ4n) is 3.60. The summed E-state index contributed by atoms with van der Waals surface area (Å²) < 4.78 is 5.35. The molecule has 0 aliphatic carbocycles. The molecule has 6 nitrogen and oxygen atoms in total. The van der Waals surface area contributed by atoms with Gasteiger partial charge in [0.15, 0.2) is 0 Å². The number of carbonyl (C=O) groups is 2. The van der Waals surface area contributed by atoms with Gasteiger partial charge in [0.25, 0.3) is 0 Å². The number of pyridine rings is 1. The van der Waals surface area contributed by atoms with Crippen molar-refractivity contribution in [3.63, 3.8) is 0 Å². The van der Waals surface area contributed by atoms with E-state index in [4.69, 9.17) is 4.74 Å². The number of rotatable bonds is 5. The highest BCUT2D eigenvalue weighted by Gasteiger charge is 2.36. The van der Waals surface area contributed by atoms with Crippen LogP contribution in [0.25, 0.3) is 10.9 Å². The molecule has 3 aromatic rings. The van der Waals surface area contributed by atoms with E-state index in [9.17, 15) is 9.59 Å². The Morgan fingerprint density at radius 3 is 2.82 bits per heavy atom. The maximum atomic E-state index is 12.7. The number of carbonyl (C=O) groups excluding carboxylic acids is 2. The number of nitrogens with zero attached hydrogens (tertiary/aromatic N) is 2. The van der Waals surface area contributed by atoms with Crippen LogP contribution in [0.5, 0.6) is 5.75 Å². The second-order valence-corrected chi connectivity index (χ2v) is 6.78. The minimum Gasteiger partial charge on any atom is -0.495 e. The van der Waals surface area contributed by atoms with Crippen LogP contribution < -0.4 is 15.0 Å². The first-order chi connectivity index (χ1) is 13.7. The number of amides is 2. The summed E-state index contributed by atoms with van der Waals surface area (Å²) in [5.74, 6) is 0.0522. The average molecular weight is 375 g/mol. The zero-order chi connectivity index (χ0) is 19.5. The number of aromatic nitrogens is 1. The summed E-state index contributed by atoms with van der Waals surface area (Å²) in [7, 11) is 1.57. The molecule has 0 spiro atoms. The molecule has 0 saturated carbocycles. The molecule has 28 heavy (non-hydrogen) atoms. The van der Waals surface area contributed by atoms with Gasteiger partial charge in [-0.15, -0.1) is 0 Å².